The number of hydrogen-bond acceptors (Lipinski definition) is 3. The number of anilines is 1. The lowest BCUT2D eigenvalue weighted by Crippen LogP contribution is -2.40. The predicted molar refractivity (Wildman–Crippen MR) is 74.1 cm³/mol. The smallest absolute Gasteiger partial charge is 0.254 e. The summed E-state index contributed by atoms with van der Waals surface area (Å²) in [7, 11) is 0. The average Bonchev–Trinajstić information content (AvgIpc) is 2.82. The van der Waals surface area contributed by atoms with Gasteiger partial charge in [0.1, 0.15) is 6.04 Å². The monoisotopic (exact) mass is 261 g/mol. The van der Waals surface area contributed by atoms with Gasteiger partial charge >= 0.3 is 0 Å². The van der Waals surface area contributed by atoms with E-state index in [-0.39, 0.29) is 11.8 Å². The van der Waals surface area contributed by atoms with Gasteiger partial charge in [0.05, 0.1) is 5.56 Å². The van der Waals surface area contributed by atoms with Crippen molar-refractivity contribution in [3.63, 3.8) is 0 Å². The Morgan fingerprint density at radius 3 is 2.89 bits per heavy atom. The Balaban J connectivity index is 2.07. The standard InChI is InChI=1S/C14H19N3O2/c1-2-8-15-11-6-4-3-5-10(11)13(18)17-12-7-9-16-14(12)19/h3-6,12,15H,2,7-9H2,1H3,(H,16,19)(H,17,18)/t12-/m1/s1. The number of carbonyl (C=O) groups excluding carboxylic acids is 2. The highest BCUT2D eigenvalue weighted by molar-refractivity contribution is 6.02. The number of carbonyl (C=O) groups is 2. The van der Waals surface area contributed by atoms with E-state index in [9.17, 15) is 9.59 Å². The van der Waals surface area contributed by atoms with Gasteiger partial charge in [-0.1, -0.05) is 19.1 Å². The van der Waals surface area contributed by atoms with Crippen molar-refractivity contribution in [3.05, 3.63) is 29.8 Å². The Morgan fingerprint density at radius 2 is 2.21 bits per heavy atom. The van der Waals surface area contributed by atoms with Crippen LogP contribution < -0.4 is 16.0 Å². The Hall–Kier alpha value is -2.04. The van der Waals surface area contributed by atoms with Crippen molar-refractivity contribution in [3.8, 4) is 0 Å². The van der Waals surface area contributed by atoms with Gasteiger partial charge in [-0.2, -0.15) is 0 Å². The fraction of sp³-hybridized carbons (Fsp3) is 0.429. The molecule has 1 fully saturated rings. The van der Waals surface area contributed by atoms with E-state index in [4.69, 9.17) is 0 Å². The van der Waals surface area contributed by atoms with Crippen LogP contribution >= 0.6 is 0 Å². The predicted octanol–water partition coefficient (Wildman–Crippen LogP) is 1.13. The fourth-order valence-corrected chi connectivity index (χ4v) is 2.06. The summed E-state index contributed by atoms with van der Waals surface area (Å²) in [5, 5.41) is 8.70. The van der Waals surface area contributed by atoms with E-state index in [1.807, 2.05) is 18.2 Å². The third-order valence-corrected chi connectivity index (χ3v) is 3.09. The van der Waals surface area contributed by atoms with Gasteiger partial charge in [-0.25, -0.2) is 0 Å². The summed E-state index contributed by atoms with van der Waals surface area (Å²) in [6, 6.07) is 6.93. The van der Waals surface area contributed by atoms with Gasteiger partial charge in [0, 0.05) is 18.8 Å². The highest BCUT2D eigenvalue weighted by Gasteiger charge is 2.26. The van der Waals surface area contributed by atoms with Crippen molar-refractivity contribution in [2.75, 3.05) is 18.4 Å². The fourth-order valence-electron chi connectivity index (χ4n) is 2.06. The lowest BCUT2D eigenvalue weighted by molar-refractivity contribution is -0.120. The molecule has 1 aliphatic rings. The van der Waals surface area contributed by atoms with Crippen LogP contribution in [0.25, 0.3) is 0 Å². The summed E-state index contributed by atoms with van der Waals surface area (Å²) < 4.78 is 0. The third kappa shape index (κ3) is 3.24. The van der Waals surface area contributed by atoms with Gasteiger partial charge in [0.25, 0.3) is 5.91 Å². The van der Waals surface area contributed by atoms with E-state index >= 15 is 0 Å². The summed E-state index contributed by atoms with van der Waals surface area (Å²) in [6.07, 6.45) is 1.64. The molecular weight excluding hydrogens is 242 g/mol. The second-order valence-electron chi connectivity index (χ2n) is 4.58. The van der Waals surface area contributed by atoms with E-state index in [2.05, 4.69) is 22.9 Å². The largest absolute Gasteiger partial charge is 0.384 e. The van der Waals surface area contributed by atoms with E-state index in [0.29, 0.717) is 18.5 Å². The molecule has 0 aliphatic carbocycles. The number of nitrogens with one attached hydrogen (secondary N) is 3. The molecule has 1 heterocycles. The Kier molecular flexibility index (Phi) is 4.39. The highest BCUT2D eigenvalue weighted by atomic mass is 16.2. The van der Waals surface area contributed by atoms with Crippen LogP contribution in [0.5, 0.6) is 0 Å². The van der Waals surface area contributed by atoms with Crippen LogP contribution in [0.4, 0.5) is 5.69 Å². The molecule has 1 aliphatic heterocycles. The van der Waals surface area contributed by atoms with Crippen molar-refractivity contribution in [1.29, 1.82) is 0 Å². The number of para-hydroxylation sites is 1. The van der Waals surface area contributed by atoms with Crippen LogP contribution in [0, 0.1) is 0 Å². The quantitative estimate of drug-likeness (QED) is 0.744. The molecule has 0 unspecified atom stereocenters. The minimum atomic E-state index is -0.410. The van der Waals surface area contributed by atoms with E-state index in [1.165, 1.54) is 0 Å². The summed E-state index contributed by atoms with van der Waals surface area (Å²) in [5.74, 6) is -0.311. The number of hydrogen-bond donors (Lipinski definition) is 3. The maximum absolute atomic E-state index is 12.2. The van der Waals surface area contributed by atoms with Gasteiger partial charge in [-0.05, 0) is 25.0 Å². The molecule has 3 N–H and O–H groups in total. The molecule has 1 aromatic carbocycles. The zero-order valence-electron chi connectivity index (χ0n) is 11.0. The lowest BCUT2D eigenvalue weighted by atomic mass is 10.1. The molecule has 0 bridgehead atoms. The molecular formula is C14H19N3O2. The molecule has 0 radical (unpaired) electrons. The number of rotatable bonds is 5. The summed E-state index contributed by atoms with van der Waals surface area (Å²) in [5.41, 5.74) is 1.39. The van der Waals surface area contributed by atoms with Crippen molar-refractivity contribution in [2.45, 2.75) is 25.8 Å². The van der Waals surface area contributed by atoms with Crippen LogP contribution in [0.3, 0.4) is 0 Å². The first kappa shape index (κ1) is 13.4. The average molecular weight is 261 g/mol. The van der Waals surface area contributed by atoms with E-state index in [0.717, 1.165) is 18.7 Å². The Morgan fingerprint density at radius 1 is 1.42 bits per heavy atom. The molecule has 2 amide bonds. The topological polar surface area (TPSA) is 70.2 Å². The first-order chi connectivity index (χ1) is 9.22. The lowest BCUT2D eigenvalue weighted by Gasteiger charge is -2.14. The molecule has 19 heavy (non-hydrogen) atoms. The summed E-state index contributed by atoms with van der Waals surface area (Å²) in [6.45, 7) is 3.51. The minimum Gasteiger partial charge on any atom is -0.384 e. The van der Waals surface area contributed by atoms with Crippen LogP contribution in [0.15, 0.2) is 24.3 Å². The molecule has 0 spiro atoms. The molecule has 5 heteroatoms. The van der Waals surface area contributed by atoms with Crippen LogP contribution in [0.2, 0.25) is 0 Å². The zero-order valence-corrected chi connectivity index (χ0v) is 11.0. The van der Waals surface area contributed by atoms with Crippen molar-refractivity contribution in [2.24, 2.45) is 0 Å². The van der Waals surface area contributed by atoms with E-state index < -0.39 is 6.04 Å². The van der Waals surface area contributed by atoms with Gasteiger partial charge in [-0.15, -0.1) is 0 Å². The van der Waals surface area contributed by atoms with Gasteiger partial charge in [0.15, 0.2) is 0 Å². The van der Waals surface area contributed by atoms with Gasteiger partial charge < -0.3 is 16.0 Å². The van der Waals surface area contributed by atoms with Crippen LogP contribution in [-0.2, 0) is 4.79 Å². The Labute approximate surface area is 112 Å². The molecule has 1 atom stereocenters. The molecule has 1 aromatic rings. The summed E-state index contributed by atoms with van der Waals surface area (Å²) >= 11 is 0. The van der Waals surface area contributed by atoms with Crippen LogP contribution in [0.1, 0.15) is 30.1 Å². The third-order valence-electron chi connectivity index (χ3n) is 3.09. The molecule has 0 saturated carbocycles. The first-order valence-corrected chi connectivity index (χ1v) is 6.64. The first-order valence-electron chi connectivity index (χ1n) is 6.64. The number of amides is 2. The molecule has 2 rings (SSSR count). The molecule has 102 valence electrons. The zero-order chi connectivity index (χ0) is 13.7. The maximum atomic E-state index is 12.2. The van der Waals surface area contributed by atoms with Crippen molar-refractivity contribution >= 4 is 17.5 Å². The second kappa shape index (κ2) is 6.22. The normalized spacial score (nSPS) is 17.9. The highest BCUT2D eigenvalue weighted by Crippen LogP contribution is 2.15. The maximum Gasteiger partial charge on any atom is 0.254 e. The molecule has 0 aromatic heterocycles. The van der Waals surface area contributed by atoms with Gasteiger partial charge in [-0.3, -0.25) is 9.59 Å². The van der Waals surface area contributed by atoms with Crippen molar-refractivity contribution < 1.29 is 9.59 Å². The molecule has 5 nitrogen and oxygen atoms in total. The second-order valence-corrected chi connectivity index (χ2v) is 4.58. The van der Waals surface area contributed by atoms with Crippen molar-refractivity contribution in [1.82, 2.24) is 10.6 Å². The summed E-state index contributed by atoms with van der Waals surface area (Å²) in [4.78, 5) is 23.7. The van der Waals surface area contributed by atoms with Crippen LogP contribution in [-0.4, -0.2) is 30.9 Å². The Bertz CT molecular complexity index is 474. The minimum absolute atomic E-state index is 0.104. The molecule has 1 saturated heterocycles. The van der Waals surface area contributed by atoms with E-state index in [1.54, 1.807) is 6.07 Å². The SMILES string of the molecule is CCCNc1ccccc1C(=O)N[C@@H]1CCNC1=O. The number of benzene rings is 1. The van der Waals surface area contributed by atoms with Gasteiger partial charge in [0.2, 0.25) is 5.91 Å².